The van der Waals surface area contributed by atoms with Crippen LogP contribution in [0.1, 0.15) is 126 Å². The molecule has 5 nitrogen and oxygen atoms in total. The van der Waals surface area contributed by atoms with Gasteiger partial charge >= 0.3 is 5.97 Å². The Labute approximate surface area is 281 Å². The number of aliphatic hydroxyl groups excluding tert-OH is 1. The third kappa shape index (κ3) is 12.2. The van der Waals surface area contributed by atoms with Crippen LogP contribution in [-0.4, -0.2) is 66.0 Å². The first kappa shape index (κ1) is 40.2. The maximum Gasteiger partial charge on any atom is 0.302 e. The fourth-order valence-corrected chi connectivity index (χ4v) is 11.6. The lowest BCUT2D eigenvalue weighted by atomic mass is 9.89. The van der Waals surface area contributed by atoms with Gasteiger partial charge in [-0.15, -0.1) is 23.5 Å². The Morgan fingerprint density at radius 2 is 1.80 bits per heavy atom. The second-order valence-corrected chi connectivity index (χ2v) is 23.3. The summed E-state index contributed by atoms with van der Waals surface area (Å²) in [6.45, 7) is 27.1. The van der Waals surface area contributed by atoms with E-state index in [1.807, 2.05) is 23.5 Å². The number of esters is 1. The minimum atomic E-state index is -1.88. The zero-order chi connectivity index (χ0) is 33.1. The van der Waals surface area contributed by atoms with E-state index in [2.05, 4.69) is 68.1 Å². The average Bonchev–Trinajstić information content (AvgIpc) is 3.28. The van der Waals surface area contributed by atoms with Crippen molar-refractivity contribution >= 4 is 37.8 Å². The summed E-state index contributed by atoms with van der Waals surface area (Å²) >= 11 is 4.01. The maximum atomic E-state index is 12.5. The van der Waals surface area contributed by atoms with Crippen LogP contribution in [0.5, 0.6) is 0 Å². The molecule has 0 aliphatic carbocycles. The largest absolute Gasteiger partial charge is 0.460 e. The first-order valence-corrected chi connectivity index (χ1v) is 22.5. The summed E-state index contributed by atoms with van der Waals surface area (Å²) in [6, 6.07) is 0. The molecule has 0 spiro atoms. The van der Waals surface area contributed by atoms with E-state index in [4.69, 9.17) is 13.9 Å². The summed E-state index contributed by atoms with van der Waals surface area (Å²) in [5.41, 5.74) is 1.25. The minimum Gasteiger partial charge on any atom is -0.460 e. The third-order valence-electron chi connectivity index (χ3n) is 10.2. The van der Waals surface area contributed by atoms with Gasteiger partial charge in [-0.1, -0.05) is 79.9 Å². The minimum absolute atomic E-state index is 0.109. The van der Waals surface area contributed by atoms with Gasteiger partial charge in [-0.3, -0.25) is 4.79 Å². The molecule has 2 aliphatic rings. The molecule has 0 saturated carbocycles. The highest BCUT2D eigenvalue weighted by Gasteiger charge is 2.50. The van der Waals surface area contributed by atoms with Crippen molar-refractivity contribution in [3.8, 4) is 0 Å². The van der Waals surface area contributed by atoms with Crippen molar-refractivity contribution in [3.05, 3.63) is 12.2 Å². The Bertz CT molecular complexity index is 869. The second kappa shape index (κ2) is 18.5. The number of rotatable bonds is 19. The summed E-state index contributed by atoms with van der Waals surface area (Å²) in [5.74, 6) is 3.16. The highest BCUT2D eigenvalue weighted by atomic mass is 32.2. The van der Waals surface area contributed by atoms with Crippen molar-refractivity contribution in [1.29, 1.82) is 0 Å². The number of carbonyl (C=O) groups excluding carboxylic acids is 1. The smallest absolute Gasteiger partial charge is 0.302 e. The lowest BCUT2D eigenvalue weighted by Crippen LogP contribution is -2.48. The highest BCUT2D eigenvalue weighted by molar-refractivity contribution is 8.18. The zero-order valence-corrected chi connectivity index (χ0v) is 32.7. The molecule has 0 unspecified atom stereocenters. The van der Waals surface area contributed by atoms with Gasteiger partial charge < -0.3 is 19.0 Å². The maximum absolute atomic E-state index is 12.5. The van der Waals surface area contributed by atoms with Crippen molar-refractivity contribution in [2.45, 2.75) is 173 Å². The standard InChI is InChI=1S/C36H68O5S2Si/c1-12-16-31(41-44(10,11)35(7,8)9)22-27(3)21-29(5)36(42-19-15-20-43-36)34(39-30(6)38)24-32-23-28(4)33(40-32)18-14-13-17-26(2)25-37/h26,28-29,31-34,37H,3,12-25H2,1-2,4-11H3/t26-,28-,29+,31+,32+,33-,34+/m0/s1. The van der Waals surface area contributed by atoms with Gasteiger partial charge in [0.15, 0.2) is 8.32 Å². The number of unbranched alkanes of at least 4 members (excludes halogenated alkanes) is 1. The van der Waals surface area contributed by atoms with Crippen LogP contribution in [0, 0.1) is 17.8 Å². The van der Waals surface area contributed by atoms with Crippen LogP contribution in [0.15, 0.2) is 12.2 Å². The van der Waals surface area contributed by atoms with Gasteiger partial charge in [-0.2, -0.15) is 0 Å². The first-order chi connectivity index (χ1) is 20.5. The summed E-state index contributed by atoms with van der Waals surface area (Å²) in [4.78, 5) is 12.5. The Morgan fingerprint density at radius 1 is 1.14 bits per heavy atom. The molecule has 0 aromatic carbocycles. The Balaban J connectivity index is 2.14. The molecule has 0 aromatic rings. The lowest BCUT2D eigenvalue weighted by molar-refractivity contribution is -0.149. The highest BCUT2D eigenvalue weighted by Crippen LogP contribution is 2.54. The van der Waals surface area contributed by atoms with E-state index >= 15 is 0 Å². The quantitative estimate of drug-likeness (QED) is 0.0634. The van der Waals surface area contributed by atoms with Gasteiger partial charge in [-0.05, 0) is 92.3 Å². The SMILES string of the molecule is C=C(C[C@@H](CCC)O[Si](C)(C)C(C)(C)C)C[C@@H](C)C1([C@@H](C[C@H]2C[C@H](C)[C@H](CCCC[C@H](C)CO)O2)OC(C)=O)SCCCS1. The lowest BCUT2D eigenvalue weighted by Gasteiger charge is -2.46. The van der Waals surface area contributed by atoms with E-state index < -0.39 is 8.32 Å². The molecule has 0 bridgehead atoms. The fraction of sp³-hybridized carbons (Fsp3) is 0.917. The molecule has 8 heteroatoms. The number of ether oxygens (including phenoxy) is 2. The molecule has 0 aromatic heterocycles. The number of hydrogen-bond acceptors (Lipinski definition) is 7. The van der Waals surface area contributed by atoms with Crippen LogP contribution >= 0.6 is 23.5 Å². The van der Waals surface area contributed by atoms with Gasteiger partial charge in [0.1, 0.15) is 10.2 Å². The van der Waals surface area contributed by atoms with E-state index in [0.717, 1.165) is 75.7 Å². The summed E-state index contributed by atoms with van der Waals surface area (Å²) < 4.78 is 19.6. The van der Waals surface area contributed by atoms with Crippen molar-refractivity contribution in [2.75, 3.05) is 18.1 Å². The van der Waals surface area contributed by atoms with E-state index in [1.165, 1.54) is 12.0 Å². The summed E-state index contributed by atoms with van der Waals surface area (Å²) in [7, 11) is -1.88. The van der Waals surface area contributed by atoms with Crippen molar-refractivity contribution in [1.82, 2.24) is 0 Å². The molecular weight excluding hydrogens is 605 g/mol. The molecule has 2 saturated heterocycles. The third-order valence-corrected chi connectivity index (χ3v) is 18.7. The molecule has 0 amide bonds. The molecule has 2 aliphatic heterocycles. The average molecular weight is 673 g/mol. The molecule has 7 atom stereocenters. The Kier molecular flexibility index (Phi) is 16.9. The van der Waals surface area contributed by atoms with Crippen LogP contribution in [0.4, 0.5) is 0 Å². The predicted molar refractivity (Wildman–Crippen MR) is 194 cm³/mol. The molecule has 2 heterocycles. The summed E-state index contributed by atoms with van der Waals surface area (Å²) in [6.07, 6.45) is 11.7. The van der Waals surface area contributed by atoms with Gasteiger partial charge in [0, 0.05) is 26.1 Å². The number of carbonyl (C=O) groups is 1. The van der Waals surface area contributed by atoms with Crippen molar-refractivity contribution < 1.29 is 23.8 Å². The molecule has 2 rings (SSSR count). The normalized spacial score (nSPS) is 25.3. The number of hydrogen-bond donors (Lipinski definition) is 1. The molecular formula is C36H68O5S2Si. The van der Waals surface area contributed by atoms with Gasteiger partial charge in [0.2, 0.25) is 0 Å². The molecule has 2 fully saturated rings. The van der Waals surface area contributed by atoms with Crippen LogP contribution in [0.2, 0.25) is 18.1 Å². The van der Waals surface area contributed by atoms with Crippen molar-refractivity contribution in [2.24, 2.45) is 17.8 Å². The van der Waals surface area contributed by atoms with Crippen LogP contribution < -0.4 is 0 Å². The van der Waals surface area contributed by atoms with Crippen LogP contribution in [0.25, 0.3) is 0 Å². The van der Waals surface area contributed by atoms with Crippen LogP contribution in [0.3, 0.4) is 0 Å². The van der Waals surface area contributed by atoms with E-state index in [1.54, 1.807) is 6.92 Å². The van der Waals surface area contributed by atoms with E-state index in [9.17, 15) is 9.90 Å². The fourth-order valence-electron chi connectivity index (χ4n) is 6.62. The first-order valence-electron chi connectivity index (χ1n) is 17.6. The molecule has 258 valence electrons. The Hall–Kier alpha value is 0.00688. The number of aliphatic hydroxyl groups is 1. The Morgan fingerprint density at radius 3 is 2.36 bits per heavy atom. The van der Waals surface area contributed by atoms with E-state index in [0.29, 0.717) is 17.8 Å². The molecule has 0 radical (unpaired) electrons. The van der Waals surface area contributed by atoms with Gasteiger partial charge in [0.25, 0.3) is 0 Å². The number of thioether (sulfide) groups is 2. The van der Waals surface area contributed by atoms with E-state index in [-0.39, 0.29) is 46.1 Å². The topological polar surface area (TPSA) is 65.0 Å². The second-order valence-electron chi connectivity index (χ2n) is 15.5. The van der Waals surface area contributed by atoms with Gasteiger partial charge in [-0.25, -0.2) is 0 Å². The van der Waals surface area contributed by atoms with Crippen molar-refractivity contribution in [3.63, 3.8) is 0 Å². The monoisotopic (exact) mass is 672 g/mol. The zero-order valence-electron chi connectivity index (χ0n) is 30.0. The molecule has 1 N–H and O–H groups in total. The van der Waals surface area contributed by atoms with Gasteiger partial charge in [0.05, 0.1) is 12.2 Å². The predicted octanol–water partition coefficient (Wildman–Crippen LogP) is 10.0. The van der Waals surface area contributed by atoms with Crippen LogP contribution in [-0.2, 0) is 18.7 Å². The molecule has 44 heavy (non-hydrogen) atoms. The summed E-state index contributed by atoms with van der Waals surface area (Å²) in [5, 5.41) is 9.52.